The van der Waals surface area contributed by atoms with Crippen LogP contribution in [0.4, 0.5) is 0 Å². The highest BCUT2D eigenvalue weighted by atomic mass is 31.1. The van der Waals surface area contributed by atoms with E-state index in [1.54, 1.807) is 0 Å². The maximum Gasteiger partial charge on any atom is 0.0567 e. The molecular formula is C10H22NP. The number of hydrogen-bond acceptors (Lipinski definition) is 1. The van der Waals surface area contributed by atoms with Gasteiger partial charge in [0.1, 0.15) is 0 Å². The van der Waals surface area contributed by atoms with E-state index in [1.807, 2.05) is 0 Å². The highest BCUT2D eigenvalue weighted by molar-refractivity contribution is 7.29. The Balaban J connectivity index is 4.30. The minimum atomic E-state index is 0.118. The van der Waals surface area contributed by atoms with Crippen LogP contribution >= 0.6 is 8.37 Å². The summed E-state index contributed by atoms with van der Waals surface area (Å²) in [5, 5.41) is 0.396. The molecule has 0 aliphatic heterocycles. The maximum absolute atomic E-state index is 4.64. The van der Waals surface area contributed by atoms with Gasteiger partial charge in [0.15, 0.2) is 0 Å². The van der Waals surface area contributed by atoms with Crippen molar-refractivity contribution in [3.8, 4) is 0 Å². The molecule has 0 N–H and O–H groups in total. The molecule has 12 heavy (non-hydrogen) atoms. The van der Waals surface area contributed by atoms with Crippen LogP contribution in [0.1, 0.15) is 54.4 Å². The lowest BCUT2D eigenvalue weighted by molar-refractivity contribution is 0.568. The van der Waals surface area contributed by atoms with Crippen LogP contribution in [0, 0.1) is 0 Å². The standard InChI is InChI=1S/C10H22NP/c1-7-10(6,8-2)12-11-9(3,4)5/h7-8H2,1-6H3. The quantitative estimate of drug-likeness (QED) is 0.577. The zero-order valence-electron chi connectivity index (χ0n) is 9.31. The van der Waals surface area contributed by atoms with E-state index < -0.39 is 0 Å². The van der Waals surface area contributed by atoms with Gasteiger partial charge in [-0.3, -0.25) is 4.74 Å². The topological polar surface area (TPSA) is 12.4 Å². The van der Waals surface area contributed by atoms with Crippen LogP contribution in [0.15, 0.2) is 4.74 Å². The van der Waals surface area contributed by atoms with E-state index in [4.69, 9.17) is 0 Å². The van der Waals surface area contributed by atoms with Gasteiger partial charge in [-0.25, -0.2) is 0 Å². The Bertz CT molecular complexity index is 152. The fourth-order valence-corrected chi connectivity index (χ4v) is 1.49. The first-order valence-corrected chi connectivity index (χ1v) is 5.62. The molecule has 2 heteroatoms. The molecule has 1 nitrogen and oxygen atoms in total. The summed E-state index contributed by atoms with van der Waals surface area (Å²) in [6, 6.07) is 0. The molecule has 0 saturated carbocycles. The lowest BCUT2D eigenvalue weighted by Gasteiger charge is -2.22. The molecule has 0 aliphatic carbocycles. The Morgan fingerprint density at radius 2 is 1.42 bits per heavy atom. The van der Waals surface area contributed by atoms with Gasteiger partial charge in [0.25, 0.3) is 0 Å². The van der Waals surface area contributed by atoms with Gasteiger partial charge >= 0.3 is 0 Å². The van der Waals surface area contributed by atoms with E-state index in [0.717, 1.165) is 0 Å². The first-order chi connectivity index (χ1) is 5.33. The van der Waals surface area contributed by atoms with Crippen molar-refractivity contribution in [1.82, 2.24) is 0 Å². The van der Waals surface area contributed by atoms with Crippen molar-refractivity contribution in [2.45, 2.75) is 65.1 Å². The maximum atomic E-state index is 4.64. The molecule has 0 fully saturated rings. The van der Waals surface area contributed by atoms with Gasteiger partial charge in [0.05, 0.1) is 5.54 Å². The molecule has 0 aliphatic rings. The van der Waals surface area contributed by atoms with Crippen LogP contribution < -0.4 is 0 Å². The van der Waals surface area contributed by atoms with Crippen molar-refractivity contribution < 1.29 is 0 Å². The smallest absolute Gasteiger partial charge is 0.0567 e. The lowest BCUT2D eigenvalue weighted by atomic mass is 10.1. The highest BCUT2D eigenvalue weighted by Crippen LogP contribution is 2.34. The van der Waals surface area contributed by atoms with Crippen molar-refractivity contribution in [3.05, 3.63) is 0 Å². The monoisotopic (exact) mass is 187 g/mol. The fraction of sp³-hybridized carbons (Fsp3) is 1.00. The summed E-state index contributed by atoms with van der Waals surface area (Å²) in [5.41, 5.74) is 0.118. The highest BCUT2D eigenvalue weighted by Gasteiger charge is 2.19. The Labute approximate surface area is 78.8 Å². The summed E-state index contributed by atoms with van der Waals surface area (Å²) in [4.78, 5) is 0. The largest absolute Gasteiger partial charge is 0.262 e. The third-order valence-corrected chi connectivity index (χ3v) is 3.93. The van der Waals surface area contributed by atoms with Gasteiger partial charge in [-0.05, 0) is 33.6 Å². The predicted molar refractivity (Wildman–Crippen MR) is 58.1 cm³/mol. The summed E-state index contributed by atoms with van der Waals surface area (Å²) in [7, 11) is 1.25. The van der Waals surface area contributed by atoms with Gasteiger partial charge < -0.3 is 0 Å². The van der Waals surface area contributed by atoms with Gasteiger partial charge in [0, 0.05) is 13.5 Å². The van der Waals surface area contributed by atoms with E-state index in [1.165, 1.54) is 21.2 Å². The van der Waals surface area contributed by atoms with Crippen molar-refractivity contribution in [2.24, 2.45) is 4.74 Å². The predicted octanol–water partition coefficient (Wildman–Crippen LogP) is 4.49. The first-order valence-electron chi connectivity index (χ1n) is 4.77. The number of nitrogens with zero attached hydrogens (tertiary/aromatic N) is 1. The molecule has 0 spiro atoms. The molecule has 72 valence electrons. The zero-order valence-corrected chi connectivity index (χ0v) is 10.2. The van der Waals surface area contributed by atoms with E-state index in [2.05, 4.69) is 46.3 Å². The zero-order chi connectivity index (χ0) is 9.83. The molecule has 0 rings (SSSR count). The molecule has 0 unspecified atom stereocenters. The summed E-state index contributed by atoms with van der Waals surface area (Å²) in [6.45, 7) is 13.3. The minimum absolute atomic E-state index is 0.118. The molecule has 0 aromatic heterocycles. The van der Waals surface area contributed by atoms with Crippen molar-refractivity contribution in [2.75, 3.05) is 0 Å². The SMILES string of the molecule is CCC(C)(CC)P=NC(C)(C)C. The molecule has 0 heterocycles. The third kappa shape index (κ3) is 4.87. The normalized spacial score (nSPS) is 14.2. The van der Waals surface area contributed by atoms with Crippen LogP contribution in [0.2, 0.25) is 0 Å². The van der Waals surface area contributed by atoms with Crippen molar-refractivity contribution >= 4 is 8.37 Å². The number of rotatable bonds is 3. The van der Waals surface area contributed by atoms with Gasteiger partial charge in [-0.15, -0.1) is 0 Å². The summed E-state index contributed by atoms with van der Waals surface area (Å²) >= 11 is 0. The molecule has 0 aromatic rings. The average molecular weight is 187 g/mol. The molecular weight excluding hydrogens is 165 g/mol. The molecule has 0 aromatic carbocycles. The lowest BCUT2D eigenvalue weighted by Crippen LogP contribution is -2.15. The summed E-state index contributed by atoms with van der Waals surface area (Å²) in [5.74, 6) is 0. The molecule has 0 amide bonds. The van der Waals surface area contributed by atoms with Crippen LogP contribution in [0.3, 0.4) is 0 Å². The van der Waals surface area contributed by atoms with Gasteiger partial charge in [0.2, 0.25) is 0 Å². The Kier molecular flexibility index (Phi) is 4.40. The molecule has 0 atom stereocenters. The fourth-order valence-electron chi connectivity index (χ4n) is 0.662. The van der Waals surface area contributed by atoms with Crippen LogP contribution in [-0.4, -0.2) is 10.7 Å². The Hall–Kier alpha value is 0.100. The Morgan fingerprint density at radius 1 is 1.00 bits per heavy atom. The summed E-state index contributed by atoms with van der Waals surface area (Å²) in [6.07, 6.45) is 2.43. The molecule has 0 saturated heterocycles. The molecule has 0 bridgehead atoms. The third-order valence-electron chi connectivity index (χ3n) is 2.11. The Morgan fingerprint density at radius 3 is 1.67 bits per heavy atom. The van der Waals surface area contributed by atoms with Gasteiger partial charge in [-0.2, -0.15) is 0 Å². The number of hydrogen-bond donors (Lipinski definition) is 0. The van der Waals surface area contributed by atoms with E-state index >= 15 is 0 Å². The van der Waals surface area contributed by atoms with E-state index in [-0.39, 0.29) is 5.54 Å². The second kappa shape index (κ2) is 4.37. The first kappa shape index (κ1) is 12.1. The van der Waals surface area contributed by atoms with E-state index in [9.17, 15) is 0 Å². The summed E-state index contributed by atoms with van der Waals surface area (Å²) < 4.78 is 4.64. The second-order valence-electron chi connectivity index (χ2n) is 4.57. The minimum Gasteiger partial charge on any atom is -0.262 e. The molecule has 0 radical (unpaired) electrons. The van der Waals surface area contributed by atoms with Gasteiger partial charge in [-0.1, -0.05) is 20.8 Å². The van der Waals surface area contributed by atoms with Crippen LogP contribution in [0.25, 0.3) is 0 Å². The van der Waals surface area contributed by atoms with E-state index in [0.29, 0.717) is 5.16 Å². The van der Waals surface area contributed by atoms with Crippen molar-refractivity contribution in [3.63, 3.8) is 0 Å². The van der Waals surface area contributed by atoms with Crippen LogP contribution in [0.5, 0.6) is 0 Å². The average Bonchev–Trinajstić information content (AvgIpc) is 1.99. The van der Waals surface area contributed by atoms with Crippen LogP contribution in [-0.2, 0) is 0 Å². The van der Waals surface area contributed by atoms with Crippen molar-refractivity contribution in [1.29, 1.82) is 0 Å². The second-order valence-corrected chi connectivity index (χ2v) is 6.05.